The Morgan fingerprint density at radius 1 is 1.00 bits per heavy atom. The lowest BCUT2D eigenvalue weighted by molar-refractivity contribution is -0.113. The van der Waals surface area contributed by atoms with Gasteiger partial charge in [-0.1, -0.05) is 83.0 Å². The number of hydrogen-bond acceptors (Lipinski definition) is 4. The number of aromatic nitrogens is 3. The van der Waals surface area contributed by atoms with Crippen molar-refractivity contribution >= 4 is 46.6 Å². The predicted molar refractivity (Wildman–Crippen MR) is 127 cm³/mol. The van der Waals surface area contributed by atoms with E-state index in [9.17, 15) is 4.79 Å². The number of thioether (sulfide) groups is 1. The minimum atomic E-state index is -0.214. The lowest BCUT2D eigenvalue weighted by Gasteiger charge is -2.11. The van der Waals surface area contributed by atoms with Gasteiger partial charge in [0.2, 0.25) is 5.91 Å². The van der Waals surface area contributed by atoms with Gasteiger partial charge in [-0.2, -0.15) is 0 Å². The van der Waals surface area contributed by atoms with Gasteiger partial charge >= 0.3 is 0 Å². The molecular weight excluding hydrogens is 451 g/mol. The number of anilines is 1. The van der Waals surface area contributed by atoms with E-state index in [-0.39, 0.29) is 11.7 Å². The van der Waals surface area contributed by atoms with Crippen LogP contribution in [0.5, 0.6) is 0 Å². The van der Waals surface area contributed by atoms with Crippen LogP contribution in [-0.4, -0.2) is 26.4 Å². The Labute approximate surface area is 194 Å². The van der Waals surface area contributed by atoms with Crippen molar-refractivity contribution in [1.82, 2.24) is 14.8 Å². The Hall–Kier alpha value is -2.80. The zero-order valence-corrected chi connectivity index (χ0v) is 18.9. The molecule has 0 aliphatic carbocycles. The van der Waals surface area contributed by atoms with Gasteiger partial charge in [0.25, 0.3) is 0 Å². The van der Waals surface area contributed by atoms with Crippen LogP contribution in [0.15, 0.2) is 78.0 Å². The third-order valence-electron chi connectivity index (χ3n) is 4.49. The number of nitrogens with one attached hydrogen (secondary N) is 1. The third kappa shape index (κ3) is 5.10. The monoisotopic (exact) mass is 468 g/mol. The van der Waals surface area contributed by atoms with Gasteiger partial charge < -0.3 is 5.32 Å². The predicted octanol–water partition coefficient (Wildman–Crippen LogP) is 6.28. The van der Waals surface area contributed by atoms with Crippen molar-refractivity contribution in [3.8, 4) is 17.1 Å². The van der Waals surface area contributed by atoms with Crippen molar-refractivity contribution in [3.63, 3.8) is 0 Å². The number of hydrogen-bond donors (Lipinski definition) is 1. The van der Waals surface area contributed by atoms with Crippen LogP contribution in [0, 0.1) is 6.92 Å². The largest absolute Gasteiger partial charge is 0.324 e. The van der Waals surface area contributed by atoms with E-state index in [2.05, 4.69) is 15.5 Å². The Kier molecular flexibility index (Phi) is 6.61. The lowest BCUT2D eigenvalue weighted by Crippen LogP contribution is -2.15. The van der Waals surface area contributed by atoms with Crippen LogP contribution in [0.2, 0.25) is 10.0 Å². The highest BCUT2D eigenvalue weighted by atomic mass is 35.5. The van der Waals surface area contributed by atoms with Crippen LogP contribution in [-0.2, 0) is 4.79 Å². The minimum absolute atomic E-state index is 0.141. The van der Waals surface area contributed by atoms with Crippen LogP contribution in [0.1, 0.15) is 5.56 Å². The van der Waals surface area contributed by atoms with E-state index in [0.29, 0.717) is 26.7 Å². The van der Waals surface area contributed by atoms with Crippen LogP contribution in [0.3, 0.4) is 0 Å². The standard InChI is InChI=1S/C23H18Cl2N4OS/c1-15-7-10-18(11-8-15)29-22(16-5-3-2-4-6-16)27-28-23(29)31-14-21(30)26-20-13-17(24)9-12-19(20)25/h2-13H,14H2,1H3,(H,26,30). The summed E-state index contributed by atoms with van der Waals surface area (Å²) < 4.78 is 1.96. The fraction of sp³-hybridized carbons (Fsp3) is 0.0870. The average molecular weight is 469 g/mol. The molecule has 1 N–H and O–H groups in total. The number of halogens is 2. The highest BCUT2D eigenvalue weighted by molar-refractivity contribution is 7.99. The van der Waals surface area contributed by atoms with Crippen molar-refractivity contribution in [2.45, 2.75) is 12.1 Å². The summed E-state index contributed by atoms with van der Waals surface area (Å²) in [6.45, 7) is 2.04. The maximum absolute atomic E-state index is 12.5. The summed E-state index contributed by atoms with van der Waals surface area (Å²) in [5.41, 5.74) is 3.50. The fourth-order valence-electron chi connectivity index (χ4n) is 2.97. The average Bonchev–Trinajstić information content (AvgIpc) is 3.20. The normalized spacial score (nSPS) is 10.8. The van der Waals surface area contributed by atoms with Crippen molar-refractivity contribution in [1.29, 1.82) is 0 Å². The SMILES string of the molecule is Cc1ccc(-n2c(SCC(=O)Nc3cc(Cl)ccc3Cl)nnc2-c2ccccc2)cc1. The molecule has 1 aromatic heterocycles. The molecule has 3 aromatic carbocycles. The van der Waals surface area contributed by atoms with Gasteiger partial charge in [-0.3, -0.25) is 9.36 Å². The van der Waals surface area contributed by atoms with Gasteiger partial charge in [0.15, 0.2) is 11.0 Å². The molecular formula is C23H18Cl2N4OS. The molecule has 0 saturated heterocycles. The number of carbonyl (C=O) groups is 1. The summed E-state index contributed by atoms with van der Waals surface area (Å²) in [4.78, 5) is 12.5. The molecule has 0 aliphatic heterocycles. The Morgan fingerprint density at radius 3 is 2.48 bits per heavy atom. The first-order valence-electron chi connectivity index (χ1n) is 9.47. The number of carbonyl (C=O) groups excluding carboxylic acids is 1. The molecule has 156 valence electrons. The van der Waals surface area contributed by atoms with Crippen molar-refractivity contribution in [2.75, 3.05) is 11.1 Å². The van der Waals surface area contributed by atoms with Crippen LogP contribution < -0.4 is 5.32 Å². The molecule has 0 spiro atoms. The van der Waals surface area contributed by atoms with Crippen LogP contribution in [0.4, 0.5) is 5.69 Å². The fourth-order valence-corrected chi connectivity index (χ4v) is 4.06. The van der Waals surface area contributed by atoms with E-state index in [1.807, 2.05) is 66.1 Å². The molecule has 1 amide bonds. The molecule has 0 aliphatic rings. The molecule has 1 heterocycles. The highest BCUT2D eigenvalue weighted by Crippen LogP contribution is 2.29. The molecule has 0 saturated carbocycles. The summed E-state index contributed by atoms with van der Waals surface area (Å²) in [5.74, 6) is 0.640. The maximum atomic E-state index is 12.5. The van der Waals surface area contributed by atoms with Gasteiger partial charge in [-0.25, -0.2) is 0 Å². The Balaban J connectivity index is 1.59. The second kappa shape index (κ2) is 9.56. The van der Waals surface area contributed by atoms with Crippen LogP contribution in [0.25, 0.3) is 17.1 Å². The van der Waals surface area contributed by atoms with Gasteiger partial charge in [-0.15, -0.1) is 10.2 Å². The van der Waals surface area contributed by atoms with Crippen molar-refractivity contribution < 1.29 is 4.79 Å². The number of benzene rings is 3. The molecule has 5 nitrogen and oxygen atoms in total. The first kappa shape index (κ1) is 21.4. The second-order valence-electron chi connectivity index (χ2n) is 6.80. The summed E-state index contributed by atoms with van der Waals surface area (Å²) >= 11 is 13.4. The number of amides is 1. The molecule has 31 heavy (non-hydrogen) atoms. The number of rotatable bonds is 6. The molecule has 0 radical (unpaired) electrons. The van der Waals surface area contributed by atoms with Crippen LogP contribution >= 0.6 is 35.0 Å². The smallest absolute Gasteiger partial charge is 0.234 e. The maximum Gasteiger partial charge on any atom is 0.234 e. The van der Waals surface area contributed by atoms with Gasteiger partial charge in [0.05, 0.1) is 16.5 Å². The molecule has 0 unspecified atom stereocenters. The molecule has 4 rings (SSSR count). The number of nitrogens with zero attached hydrogens (tertiary/aromatic N) is 3. The Morgan fingerprint density at radius 2 is 1.74 bits per heavy atom. The van der Waals surface area contributed by atoms with Gasteiger partial charge in [0.1, 0.15) is 0 Å². The minimum Gasteiger partial charge on any atom is -0.324 e. The third-order valence-corrected chi connectivity index (χ3v) is 5.99. The van der Waals surface area contributed by atoms with E-state index in [1.165, 1.54) is 11.8 Å². The first-order valence-corrected chi connectivity index (χ1v) is 11.2. The summed E-state index contributed by atoms with van der Waals surface area (Å²) in [6, 6.07) is 22.9. The zero-order valence-electron chi connectivity index (χ0n) is 16.5. The van der Waals surface area contributed by atoms with E-state index in [4.69, 9.17) is 23.2 Å². The van der Waals surface area contributed by atoms with E-state index in [1.54, 1.807) is 18.2 Å². The van der Waals surface area contributed by atoms with Gasteiger partial charge in [0, 0.05) is 16.3 Å². The molecule has 0 bridgehead atoms. The molecule has 0 fully saturated rings. The van der Waals surface area contributed by atoms with E-state index >= 15 is 0 Å². The van der Waals surface area contributed by atoms with E-state index < -0.39 is 0 Å². The highest BCUT2D eigenvalue weighted by Gasteiger charge is 2.17. The topological polar surface area (TPSA) is 59.8 Å². The first-order chi connectivity index (χ1) is 15.0. The second-order valence-corrected chi connectivity index (χ2v) is 8.59. The Bertz CT molecular complexity index is 1210. The van der Waals surface area contributed by atoms with Gasteiger partial charge in [-0.05, 0) is 37.3 Å². The summed E-state index contributed by atoms with van der Waals surface area (Å²) in [7, 11) is 0. The van der Waals surface area contributed by atoms with Crippen molar-refractivity contribution in [3.05, 3.63) is 88.4 Å². The quantitative estimate of drug-likeness (QED) is 0.338. The zero-order chi connectivity index (χ0) is 21.8. The number of aryl methyl sites for hydroxylation is 1. The molecule has 4 aromatic rings. The van der Waals surface area contributed by atoms with Crippen molar-refractivity contribution in [2.24, 2.45) is 0 Å². The summed E-state index contributed by atoms with van der Waals surface area (Å²) in [6.07, 6.45) is 0. The lowest BCUT2D eigenvalue weighted by atomic mass is 10.2. The molecule has 0 atom stereocenters. The van der Waals surface area contributed by atoms with E-state index in [0.717, 1.165) is 16.8 Å². The molecule has 8 heteroatoms. The summed E-state index contributed by atoms with van der Waals surface area (Å²) in [5, 5.41) is 13.1.